The third kappa shape index (κ3) is 2.73. The SMILES string of the molecule is O=C(Cc1ncc(Cl)s1)N1CC2(CCCC2)c2cc(Br)ccc21. The average molecular weight is 412 g/mol. The molecule has 1 aliphatic heterocycles. The van der Waals surface area contributed by atoms with Crippen LogP contribution in [-0.4, -0.2) is 17.4 Å². The van der Waals surface area contributed by atoms with E-state index in [0.717, 1.165) is 21.7 Å². The van der Waals surface area contributed by atoms with E-state index < -0.39 is 0 Å². The van der Waals surface area contributed by atoms with Gasteiger partial charge in [-0.1, -0.05) is 40.4 Å². The fraction of sp³-hybridized carbons (Fsp3) is 0.412. The van der Waals surface area contributed by atoms with Crippen molar-refractivity contribution in [1.29, 1.82) is 0 Å². The second kappa shape index (κ2) is 5.87. The van der Waals surface area contributed by atoms with Crippen LogP contribution in [0.5, 0.6) is 0 Å². The number of hydrogen-bond donors (Lipinski definition) is 0. The maximum absolute atomic E-state index is 12.8. The summed E-state index contributed by atoms with van der Waals surface area (Å²) < 4.78 is 1.72. The van der Waals surface area contributed by atoms with Crippen molar-refractivity contribution in [2.24, 2.45) is 0 Å². The molecule has 3 nitrogen and oxygen atoms in total. The first-order chi connectivity index (χ1) is 11.1. The Labute approximate surface area is 152 Å². The smallest absolute Gasteiger partial charge is 0.233 e. The monoisotopic (exact) mass is 410 g/mol. The molecule has 2 heterocycles. The lowest BCUT2D eigenvalue weighted by atomic mass is 9.81. The number of hydrogen-bond acceptors (Lipinski definition) is 3. The Balaban J connectivity index is 1.66. The van der Waals surface area contributed by atoms with Crippen LogP contribution in [0.15, 0.2) is 28.9 Å². The predicted octanol–water partition coefficient (Wildman–Crippen LogP) is 4.96. The van der Waals surface area contributed by atoms with Gasteiger partial charge in [-0.25, -0.2) is 4.98 Å². The molecule has 2 aliphatic rings. The van der Waals surface area contributed by atoms with Gasteiger partial charge in [-0.15, -0.1) is 11.3 Å². The number of thiazole rings is 1. The molecule has 120 valence electrons. The number of anilines is 1. The van der Waals surface area contributed by atoms with E-state index in [2.05, 4.69) is 33.0 Å². The summed E-state index contributed by atoms with van der Waals surface area (Å²) in [6.45, 7) is 0.802. The number of amides is 1. The Morgan fingerprint density at radius 3 is 2.87 bits per heavy atom. The first-order valence-electron chi connectivity index (χ1n) is 7.78. The lowest BCUT2D eigenvalue weighted by Crippen LogP contribution is -2.36. The lowest BCUT2D eigenvalue weighted by Gasteiger charge is -2.24. The van der Waals surface area contributed by atoms with Crippen LogP contribution in [-0.2, 0) is 16.6 Å². The van der Waals surface area contributed by atoms with E-state index in [1.165, 1.54) is 42.6 Å². The fourth-order valence-electron chi connectivity index (χ4n) is 3.94. The van der Waals surface area contributed by atoms with Crippen LogP contribution in [0.1, 0.15) is 36.3 Å². The largest absolute Gasteiger partial charge is 0.311 e. The second-order valence-corrected chi connectivity index (χ2v) is 9.03. The van der Waals surface area contributed by atoms with Gasteiger partial charge >= 0.3 is 0 Å². The minimum Gasteiger partial charge on any atom is -0.311 e. The maximum Gasteiger partial charge on any atom is 0.233 e. The van der Waals surface area contributed by atoms with Crippen LogP contribution >= 0.6 is 38.9 Å². The Bertz CT molecular complexity index is 770. The first kappa shape index (κ1) is 15.6. The van der Waals surface area contributed by atoms with Crippen molar-refractivity contribution < 1.29 is 4.79 Å². The van der Waals surface area contributed by atoms with Crippen molar-refractivity contribution in [2.45, 2.75) is 37.5 Å². The number of rotatable bonds is 2. The molecule has 6 heteroatoms. The van der Waals surface area contributed by atoms with E-state index in [1.807, 2.05) is 11.0 Å². The molecule has 1 amide bonds. The predicted molar refractivity (Wildman–Crippen MR) is 97.5 cm³/mol. The molecule has 1 fully saturated rings. The second-order valence-electron chi connectivity index (χ2n) is 6.36. The summed E-state index contributed by atoms with van der Waals surface area (Å²) in [4.78, 5) is 19.0. The topological polar surface area (TPSA) is 33.2 Å². The lowest BCUT2D eigenvalue weighted by molar-refractivity contribution is -0.118. The molecule has 1 aromatic carbocycles. The summed E-state index contributed by atoms with van der Waals surface area (Å²) in [5.74, 6) is 0.114. The highest BCUT2D eigenvalue weighted by molar-refractivity contribution is 9.10. The van der Waals surface area contributed by atoms with Crippen LogP contribution in [0.2, 0.25) is 4.34 Å². The molecule has 4 rings (SSSR count). The number of nitrogens with zero attached hydrogens (tertiary/aromatic N) is 2. The minimum absolute atomic E-state index is 0.114. The molecule has 2 aromatic rings. The highest BCUT2D eigenvalue weighted by Gasteiger charge is 2.46. The summed E-state index contributed by atoms with van der Waals surface area (Å²) in [6.07, 6.45) is 6.77. The molecule has 0 saturated heterocycles. The van der Waals surface area contributed by atoms with Crippen molar-refractivity contribution in [2.75, 3.05) is 11.4 Å². The van der Waals surface area contributed by atoms with Crippen molar-refractivity contribution >= 4 is 50.5 Å². The molecule has 0 radical (unpaired) electrons. The van der Waals surface area contributed by atoms with Crippen molar-refractivity contribution in [3.8, 4) is 0 Å². The first-order valence-corrected chi connectivity index (χ1v) is 9.77. The number of carbonyl (C=O) groups is 1. The van der Waals surface area contributed by atoms with Gasteiger partial charge in [0, 0.05) is 22.1 Å². The standard InChI is InChI=1S/C17H16BrClN2OS/c18-11-3-4-13-12(7-11)17(5-1-2-6-17)10-21(13)16(22)8-15-20-9-14(19)23-15/h3-4,7,9H,1-2,5-6,8,10H2. The summed E-state index contributed by atoms with van der Waals surface area (Å²) in [5.41, 5.74) is 2.55. The van der Waals surface area contributed by atoms with Gasteiger partial charge in [-0.2, -0.15) is 0 Å². The summed E-state index contributed by atoms with van der Waals surface area (Å²) in [5, 5.41) is 0.783. The molecule has 0 bridgehead atoms. The molecule has 1 spiro atoms. The Kier molecular flexibility index (Phi) is 3.98. The molecular formula is C17H16BrClN2OS. The van der Waals surface area contributed by atoms with Gasteiger partial charge in [-0.3, -0.25) is 4.79 Å². The molecule has 1 saturated carbocycles. The van der Waals surface area contributed by atoms with Crippen molar-refractivity contribution in [3.63, 3.8) is 0 Å². The number of fused-ring (bicyclic) bond motifs is 2. The normalized spacial score (nSPS) is 18.6. The van der Waals surface area contributed by atoms with E-state index in [1.54, 1.807) is 6.20 Å². The van der Waals surface area contributed by atoms with E-state index in [9.17, 15) is 4.79 Å². The molecule has 0 N–H and O–H groups in total. The summed E-state index contributed by atoms with van der Waals surface area (Å²) in [6, 6.07) is 6.29. The van der Waals surface area contributed by atoms with Gasteiger partial charge in [0.25, 0.3) is 0 Å². The molecule has 23 heavy (non-hydrogen) atoms. The third-order valence-corrected chi connectivity index (χ3v) is 6.58. The highest BCUT2D eigenvalue weighted by atomic mass is 79.9. The quantitative estimate of drug-likeness (QED) is 0.700. The van der Waals surface area contributed by atoms with Crippen LogP contribution in [0.25, 0.3) is 0 Å². The van der Waals surface area contributed by atoms with Gasteiger partial charge < -0.3 is 4.90 Å². The number of aromatic nitrogens is 1. The van der Waals surface area contributed by atoms with Crippen LogP contribution in [0.4, 0.5) is 5.69 Å². The van der Waals surface area contributed by atoms with Crippen LogP contribution in [0.3, 0.4) is 0 Å². The molecular weight excluding hydrogens is 396 g/mol. The van der Waals surface area contributed by atoms with Crippen molar-refractivity contribution in [3.05, 3.63) is 43.8 Å². The maximum atomic E-state index is 12.8. The minimum atomic E-state index is 0.114. The number of halogens is 2. The zero-order valence-corrected chi connectivity index (χ0v) is 15.7. The van der Waals surface area contributed by atoms with Gasteiger partial charge in [-0.05, 0) is 36.6 Å². The van der Waals surface area contributed by atoms with E-state index in [0.29, 0.717) is 10.8 Å². The number of carbonyl (C=O) groups excluding carboxylic acids is 1. The summed E-state index contributed by atoms with van der Waals surface area (Å²) in [7, 11) is 0. The van der Waals surface area contributed by atoms with Gasteiger partial charge in [0.2, 0.25) is 5.91 Å². The Hall–Kier alpha value is -0.910. The molecule has 1 aliphatic carbocycles. The zero-order valence-electron chi connectivity index (χ0n) is 12.5. The fourth-order valence-corrected chi connectivity index (χ4v) is 5.25. The Morgan fingerprint density at radius 1 is 1.39 bits per heavy atom. The average Bonchev–Trinajstić information content (AvgIpc) is 3.22. The van der Waals surface area contributed by atoms with E-state index in [4.69, 9.17) is 11.6 Å². The third-order valence-electron chi connectivity index (χ3n) is 4.97. The van der Waals surface area contributed by atoms with Gasteiger partial charge in [0.1, 0.15) is 9.34 Å². The number of benzene rings is 1. The molecule has 0 unspecified atom stereocenters. The van der Waals surface area contributed by atoms with Crippen molar-refractivity contribution in [1.82, 2.24) is 4.98 Å². The zero-order chi connectivity index (χ0) is 16.0. The van der Waals surface area contributed by atoms with E-state index in [-0.39, 0.29) is 11.3 Å². The van der Waals surface area contributed by atoms with Crippen LogP contribution < -0.4 is 4.90 Å². The molecule has 0 atom stereocenters. The van der Waals surface area contributed by atoms with Gasteiger partial charge in [0.15, 0.2) is 0 Å². The molecule has 1 aromatic heterocycles. The summed E-state index contributed by atoms with van der Waals surface area (Å²) >= 11 is 10.9. The highest BCUT2D eigenvalue weighted by Crippen LogP contribution is 2.51. The van der Waals surface area contributed by atoms with Crippen LogP contribution in [0, 0.1) is 0 Å². The van der Waals surface area contributed by atoms with E-state index >= 15 is 0 Å². The Morgan fingerprint density at radius 2 is 2.17 bits per heavy atom. The van der Waals surface area contributed by atoms with Gasteiger partial charge in [0.05, 0.1) is 12.6 Å².